The third-order valence-corrected chi connectivity index (χ3v) is 4.50. The molecule has 0 saturated heterocycles. The van der Waals surface area contributed by atoms with Gasteiger partial charge in [0.2, 0.25) is 11.8 Å². The highest BCUT2D eigenvalue weighted by atomic mass is 16.5. The summed E-state index contributed by atoms with van der Waals surface area (Å²) in [5, 5.41) is 2.85. The number of nitrogens with zero attached hydrogens (tertiary/aromatic N) is 3. The molecule has 2 aliphatic rings. The van der Waals surface area contributed by atoms with Crippen LogP contribution in [0, 0.1) is 5.92 Å². The molecule has 1 fully saturated rings. The second-order valence-electron chi connectivity index (χ2n) is 5.94. The van der Waals surface area contributed by atoms with Crippen LogP contribution in [0.1, 0.15) is 31.0 Å². The van der Waals surface area contributed by atoms with E-state index >= 15 is 0 Å². The molecule has 3 rings (SSSR count). The molecule has 0 aromatic carbocycles. The molecule has 1 N–H and O–H groups in total. The Morgan fingerprint density at radius 3 is 2.95 bits per heavy atom. The van der Waals surface area contributed by atoms with E-state index in [2.05, 4.69) is 10.3 Å². The second kappa shape index (κ2) is 6.48. The fourth-order valence-electron chi connectivity index (χ4n) is 2.98. The second-order valence-corrected chi connectivity index (χ2v) is 5.94. The molecular formula is C15H22N4O3. The molecule has 2 heterocycles. The molecule has 22 heavy (non-hydrogen) atoms. The summed E-state index contributed by atoms with van der Waals surface area (Å²) in [5.41, 5.74) is 0.908. The number of aromatic nitrogens is 2. The molecule has 2 amide bonds. The molecule has 1 aromatic heterocycles. The van der Waals surface area contributed by atoms with Crippen LogP contribution in [-0.2, 0) is 20.9 Å². The number of imidazole rings is 1. The smallest absolute Gasteiger partial charge is 0.245 e. The maximum absolute atomic E-state index is 12.5. The number of amides is 2. The predicted octanol–water partition coefficient (Wildman–Crippen LogP) is 0.329. The van der Waals surface area contributed by atoms with Crippen LogP contribution in [0.5, 0.6) is 0 Å². The van der Waals surface area contributed by atoms with E-state index in [9.17, 15) is 9.59 Å². The first-order valence-electron chi connectivity index (χ1n) is 7.77. The molecule has 1 saturated carbocycles. The Bertz CT molecular complexity index is 553. The molecule has 7 heteroatoms. The summed E-state index contributed by atoms with van der Waals surface area (Å²) in [6.45, 7) is 1.89. The first-order chi connectivity index (χ1) is 10.7. The Labute approximate surface area is 129 Å². The van der Waals surface area contributed by atoms with E-state index < -0.39 is 6.04 Å². The summed E-state index contributed by atoms with van der Waals surface area (Å²) in [5.74, 6) is 0.225. The molecule has 0 radical (unpaired) electrons. The minimum Gasteiger partial charge on any atom is -0.383 e. The number of rotatable bonds is 5. The van der Waals surface area contributed by atoms with Gasteiger partial charge in [0, 0.05) is 25.8 Å². The molecule has 1 aliphatic carbocycles. The van der Waals surface area contributed by atoms with Crippen molar-refractivity contribution in [3.8, 4) is 0 Å². The molecule has 0 bridgehead atoms. The third kappa shape index (κ3) is 2.85. The lowest BCUT2D eigenvalue weighted by Gasteiger charge is -2.37. The summed E-state index contributed by atoms with van der Waals surface area (Å²) in [7, 11) is 1.60. The summed E-state index contributed by atoms with van der Waals surface area (Å²) >= 11 is 0. The number of methoxy groups -OCH3 is 1. The molecule has 7 nitrogen and oxygen atoms in total. The fourth-order valence-corrected chi connectivity index (χ4v) is 2.98. The van der Waals surface area contributed by atoms with Gasteiger partial charge < -0.3 is 19.5 Å². The Hall–Kier alpha value is -1.89. The van der Waals surface area contributed by atoms with Crippen molar-refractivity contribution in [3.05, 3.63) is 18.2 Å². The quantitative estimate of drug-likeness (QED) is 0.795. The van der Waals surface area contributed by atoms with Crippen molar-refractivity contribution in [1.29, 1.82) is 0 Å². The number of hydrogen-bond donors (Lipinski definition) is 1. The van der Waals surface area contributed by atoms with Gasteiger partial charge in [-0.25, -0.2) is 4.98 Å². The van der Waals surface area contributed by atoms with Crippen molar-refractivity contribution in [3.63, 3.8) is 0 Å². The maximum atomic E-state index is 12.5. The predicted molar refractivity (Wildman–Crippen MR) is 78.9 cm³/mol. The van der Waals surface area contributed by atoms with Crippen LogP contribution in [0.3, 0.4) is 0 Å². The largest absolute Gasteiger partial charge is 0.383 e. The van der Waals surface area contributed by atoms with E-state index in [0.29, 0.717) is 26.2 Å². The lowest BCUT2D eigenvalue weighted by molar-refractivity contribution is -0.141. The van der Waals surface area contributed by atoms with Crippen LogP contribution in [0.15, 0.2) is 12.5 Å². The lowest BCUT2D eigenvalue weighted by Crippen LogP contribution is -2.49. The number of fused-ring (bicyclic) bond motifs is 1. The third-order valence-electron chi connectivity index (χ3n) is 4.50. The number of carbonyl (C=O) groups excluding carboxylic acids is 2. The molecule has 1 aliphatic heterocycles. The van der Waals surface area contributed by atoms with Gasteiger partial charge in [0.1, 0.15) is 6.04 Å². The minimum absolute atomic E-state index is 0.0950. The van der Waals surface area contributed by atoms with Crippen LogP contribution in [-0.4, -0.2) is 53.1 Å². The summed E-state index contributed by atoms with van der Waals surface area (Å²) in [4.78, 5) is 30.8. The van der Waals surface area contributed by atoms with E-state index in [0.717, 1.165) is 25.0 Å². The zero-order valence-corrected chi connectivity index (χ0v) is 12.8. The maximum Gasteiger partial charge on any atom is 0.245 e. The number of carbonyl (C=O) groups is 2. The highest BCUT2D eigenvalue weighted by Gasteiger charge is 2.36. The van der Waals surface area contributed by atoms with Gasteiger partial charge >= 0.3 is 0 Å². The Morgan fingerprint density at radius 2 is 2.27 bits per heavy atom. The average molecular weight is 306 g/mol. The minimum atomic E-state index is -0.410. The van der Waals surface area contributed by atoms with Gasteiger partial charge in [0.05, 0.1) is 31.7 Å². The van der Waals surface area contributed by atoms with Crippen molar-refractivity contribution in [2.45, 2.75) is 31.8 Å². The van der Waals surface area contributed by atoms with Crippen LogP contribution < -0.4 is 5.32 Å². The SMILES string of the molecule is COCCNC(=O)[C@H]1CN(C(=O)C2CCC2)Cc2cncn21. The molecule has 120 valence electrons. The number of ether oxygens (including phenoxy) is 1. The topological polar surface area (TPSA) is 76.5 Å². The van der Waals surface area contributed by atoms with E-state index in [4.69, 9.17) is 4.74 Å². The van der Waals surface area contributed by atoms with Gasteiger partial charge in [-0.2, -0.15) is 0 Å². The highest BCUT2D eigenvalue weighted by Crippen LogP contribution is 2.31. The van der Waals surface area contributed by atoms with Gasteiger partial charge in [-0.3, -0.25) is 9.59 Å². The molecule has 1 atom stereocenters. The molecule has 1 aromatic rings. The van der Waals surface area contributed by atoms with Crippen molar-refractivity contribution in [1.82, 2.24) is 19.8 Å². The van der Waals surface area contributed by atoms with Gasteiger partial charge in [-0.05, 0) is 12.8 Å². The Balaban J connectivity index is 1.71. The van der Waals surface area contributed by atoms with Gasteiger partial charge in [0.15, 0.2) is 0 Å². The number of hydrogen-bond acceptors (Lipinski definition) is 4. The van der Waals surface area contributed by atoms with Crippen molar-refractivity contribution in [2.75, 3.05) is 26.8 Å². The van der Waals surface area contributed by atoms with Gasteiger partial charge in [0.25, 0.3) is 0 Å². The normalized spacial score (nSPS) is 21.1. The number of nitrogens with one attached hydrogen (secondary N) is 1. The van der Waals surface area contributed by atoms with E-state index in [1.165, 1.54) is 0 Å². The molecule has 0 unspecified atom stereocenters. The zero-order chi connectivity index (χ0) is 15.5. The highest BCUT2D eigenvalue weighted by molar-refractivity contribution is 5.84. The van der Waals surface area contributed by atoms with Crippen molar-refractivity contribution < 1.29 is 14.3 Å². The first-order valence-corrected chi connectivity index (χ1v) is 7.77. The summed E-state index contributed by atoms with van der Waals surface area (Å²) in [6, 6.07) is -0.410. The average Bonchev–Trinajstić information content (AvgIpc) is 2.92. The van der Waals surface area contributed by atoms with E-state index in [1.807, 2.05) is 4.57 Å². The summed E-state index contributed by atoms with van der Waals surface area (Å²) < 4.78 is 6.82. The van der Waals surface area contributed by atoms with E-state index in [1.54, 1.807) is 24.5 Å². The summed E-state index contributed by atoms with van der Waals surface area (Å²) in [6.07, 6.45) is 6.47. The Morgan fingerprint density at radius 1 is 1.45 bits per heavy atom. The standard InChI is InChI=1S/C15H22N4O3/c1-22-6-5-17-14(20)13-9-18(15(21)11-3-2-4-11)8-12-7-16-10-19(12)13/h7,10-11,13H,2-6,8-9H2,1H3,(H,17,20)/t13-/m1/s1. The van der Waals surface area contributed by atoms with Gasteiger partial charge in [-0.15, -0.1) is 0 Å². The van der Waals surface area contributed by atoms with Crippen LogP contribution in [0.4, 0.5) is 0 Å². The van der Waals surface area contributed by atoms with Crippen molar-refractivity contribution >= 4 is 11.8 Å². The zero-order valence-electron chi connectivity index (χ0n) is 12.8. The van der Waals surface area contributed by atoms with Gasteiger partial charge in [-0.1, -0.05) is 6.42 Å². The van der Waals surface area contributed by atoms with Crippen LogP contribution >= 0.6 is 0 Å². The van der Waals surface area contributed by atoms with Crippen molar-refractivity contribution in [2.24, 2.45) is 5.92 Å². The lowest BCUT2D eigenvalue weighted by atomic mass is 9.84. The molecular weight excluding hydrogens is 284 g/mol. The fraction of sp³-hybridized carbons (Fsp3) is 0.667. The Kier molecular flexibility index (Phi) is 4.42. The first kappa shape index (κ1) is 15.0. The molecule has 0 spiro atoms. The monoisotopic (exact) mass is 306 g/mol. The van der Waals surface area contributed by atoms with Crippen LogP contribution in [0.25, 0.3) is 0 Å². The van der Waals surface area contributed by atoms with Crippen LogP contribution in [0.2, 0.25) is 0 Å². The van der Waals surface area contributed by atoms with E-state index in [-0.39, 0.29) is 17.7 Å².